The number of carbonyl (C=O) groups is 2. The van der Waals surface area contributed by atoms with Gasteiger partial charge in [0.1, 0.15) is 0 Å². The number of alkyl halides is 3. The Kier molecular flexibility index (Phi) is 7.51. The molecule has 0 spiro atoms. The maximum absolute atomic E-state index is 12.9. The molecule has 0 saturated heterocycles. The van der Waals surface area contributed by atoms with Crippen LogP contribution >= 0.6 is 11.6 Å². The Hall–Kier alpha value is -2.56. The van der Waals surface area contributed by atoms with Crippen LogP contribution in [0.1, 0.15) is 49.1 Å². The summed E-state index contributed by atoms with van der Waals surface area (Å²) in [5, 5.41) is 12.5. The van der Waals surface area contributed by atoms with Gasteiger partial charge in [-0.1, -0.05) is 25.4 Å². The molecule has 2 rings (SSSR count). The van der Waals surface area contributed by atoms with Gasteiger partial charge in [0.15, 0.2) is 11.4 Å². The second-order valence-corrected chi connectivity index (χ2v) is 7.50. The van der Waals surface area contributed by atoms with Crippen molar-refractivity contribution in [3.63, 3.8) is 0 Å². The zero-order chi connectivity index (χ0) is 22.6. The molecule has 0 fully saturated rings. The van der Waals surface area contributed by atoms with Gasteiger partial charge >= 0.3 is 6.18 Å². The maximum Gasteiger partial charge on any atom is 0.436 e. The predicted molar refractivity (Wildman–Crippen MR) is 105 cm³/mol. The fraction of sp³-hybridized carbons (Fsp3) is 0.556. The molecule has 0 aromatic carbocycles. The van der Waals surface area contributed by atoms with Crippen LogP contribution in [-0.2, 0) is 24.1 Å². The molecule has 8 nitrogen and oxygen atoms in total. The Morgan fingerprint density at radius 2 is 1.93 bits per heavy atom. The van der Waals surface area contributed by atoms with Gasteiger partial charge in [-0.15, -0.1) is 0 Å². The molecule has 0 aliphatic heterocycles. The van der Waals surface area contributed by atoms with Crippen LogP contribution in [0.4, 0.5) is 18.9 Å². The summed E-state index contributed by atoms with van der Waals surface area (Å²) in [7, 11) is 0. The highest BCUT2D eigenvalue weighted by Crippen LogP contribution is 2.35. The molecule has 0 saturated carbocycles. The monoisotopic (exact) mass is 448 g/mol. The number of hydrogen-bond donors (Lipinski definition) is 2. The quantitative estimate of drug-likeness (QED) is 0.646. The summed E-state index contributed by atoms with van der Waals surface area (Å²) in [4.78, 5) is 24.7. The first kappa shape index (κ1) is 23.7. The molecule has 2 N–H and O–H groups in total. The van der Waals surface area contributed by atoms with Crippen molar-refractivity contribution >= 4 is 29.1 Å². The molecule has 12 heteroatoms. The number of nitrogens with zero attached hydrogens (tertiary/aromatic N) is 4. The van der Waals surface area contributed by atoms with E-state index >= 15 is 0 Å². The van der Waals surface area contributed by atoms with Gasteiger partial charge in [-0.05, 0) is 19.8 Å². The zero-order valence-electron chi connectivity index (χ0n) is 17.1. The molecule has 0 radical (unpaired) electrons. The van der Waals surface area contributed by atoms with Gasteiger partial charge in [-0.25, -0.2) is 0 Å². The SMILES string of the molecule is CCn1cc(NC(=O)CCn2nc(C(F)(F)F)c(Cl)c2C)c(C(=O)NCC(C)C)n1. The van der Waals surface area contributed by atoms with Gasteiger partial charge in [-0.2, -0.15) is 23.4 Å². The standard InChI is InChI=1S/C18H24ClF3N6O2/c1-5-27-9-12(15(25-27)17(30)23-8-10(2)3)24-13(29)6-7-28-11(4)14(19)16(26-28)18(20,21)22/h9-10H,5-8H2,1-4H3,(H,23,30)(H,24,29). The third-order valence-electron chi connectivity index (χ3n) is 4.20. The van der Waals surface area contributed by atoms with E-state index < -0.39 is 28.7 Å². The van der Waals surface area contributed by atoms with Crippen LogP contribution < -0.4 is 10.6 Å². The number of anilines is 1. The molecular weight excluding hydrogens is 425 g/mol. The fourth-order valence-electron chi connectivity index (χ4n) is 2.57. The van der Waals surface area contributed by atoms with Crippen LogP contribution in [0.3, 0.4) is 0 Å². The number of carbonyl (C=O) groups excluding carboxylic acids is 2. The Morgan fingerprint density at radius 3 is 2.47 bits per heavy atom. The average Bonchev–Trinajstić information content (AvgIpc) is 3.19. The first-order chi connectivity index (χ1) is 13.9. The Balaban J connectivity index is 2.08. The molecule has 0 atom stereocenters. The Morgan fingerprint density at radius 1 is 1.27 bits per heavy atom. The summed E-state index contributed by atoms with van der Waals surface area (Å²) in [6.07, 6.45) is -3.32. The summed E-state index contributed by atoms with van der Waals surface area (Å²) in [6.45, 7) is 7.95. The third kappa shape index (κ3) is 5.74. The fourth-order valence-corrected chi connectivity index (χ4v) is 2.81. The highest BCUT2D eigenvalue weighted by molar-refractivity contribution is 6.31. The lowest BCUT2D eigenvalue weighted by atomic mass is 10.2. The second-order valence-electron chi connectivity index (χ2n) is 7.12. The van der Waals surface area contributed by atoms with Crippen molar-refractivity contribution < 1.29 is 22.8 Å². The summed E-state index contributed by atoms with van der Waals surface area (Å²) >= 11 is 5.71. The highest BCUT2D eigenvalue weighted by Gasteiger charge is 2.38. The lowest BCUT2D eigenvalue weighted by Gasteiger charge is -2.08. The second kappa shape index (κ2) is 9.50. The summed E-state index contributed by atoms with van der Waals surface area (Å²) in [5.41, 5.74) is -0.766. The molecule has 2 heterocycles. The first-order valence-corrected chi connectivity index (χ1v) is 9.77. The smallest absolute Gasteiger partial charge is 0.350 e. The number of nitrogens with one attached hydrogen (secondary N) is 2. The van der Waals surface area contributed by atoms with E-state index in [9.17, 15) is 22.8 Å². The van der Waals surface area contributed by atoms with Crippen LogP contribution in [0.25, 0.3) is 0 Å². The number of amides is 2. The van der Waals surface area contributed by atoms with E-state index in [0.29, 0.717) is 13.1 Å². The molecule has 2 aromatic rings. The minimum Gasteiger partial charge on any atom is -0.350 e. The van der Waals surface area contributed by atoms with Crippen LogP contribution in [0.5, 0.6) is 0 Å². The topological polar surface area (TPSA) is 93.8 Å². The van der Waals surface area contributed by atoms with Crippen molar-refractivity contribution in [1.29, 1.82) is 0 Å². The van der Waals surface area contributed by atoms with Crippen molar-refractivity contribution in [2.75, 3.05) is 11.9 Å². The van der Waals surface area contributed by atoms with E-state index in [1.54, 1.807) is 0 Å². The third-order valence-corrected chi connectivity index (χ3v) is 4.65. The first-order valence-electron chi connectivity index (χ1n) is 9.39. The van der Waals surface area contributed by atoms with Gasteiger partial charge in [0, 0.05) is 25.7 Å². The van der Waals surface area contributed by atoms with Gasteiger partial charge in [0.2, 0.25) is 5.91 Å². The Bertz CT molecular complexity index is 920. The number of hydrogen-bond acceptors (Lipinski definition) is 4. The van der Waals surface area contributed by atoms with Crippen molar-refractivity contribution in [1.82, 2.24) is 24.9 Å². The maximum atomic E-state index is 12.9. The van der Waals surface area contributed by atoms with E-state index in [2.05, 4.69) is 20.8 Å². The van der Waals surface area contributed by atoms with Crippen molar-refractivity contribution in [2.24, 2.45) is 5.92 Å². The minimum absolute atomic E-state index is 0.0727. The molecule has 0 unspecified atom stereocenters. The van der Waals surface area contributed by atoms with Gasteiger partial charge in [0.05, 0.1) is 22.9 Å². The van der Waals surface area contributed by atoms with Gasteiger partial charge in [0.25, 0.3) is 5.91 Å². The Labute approximate surface area is 176 Å². The molecule has 30 heavy (non-hydrogen) atoms. The van der Waals surface area contributed by atoms with E-state index in [1.807, 2.05) is 20.8 Å². The molecule has 166 valence electrons. The normalized spacial score (nSPS) is 11.8. The molecule has 2 amide bonds. The zero-order valence-corrected chi connectivity index (χ0v) is 17.9. The van der Waals surface area contributed by atoms with Crippen molar-refractivity contribution in [3.05, 3.63) is 28.3 Å². The predicted octanol–water partition coefficient (Wildman–Crippen LogP) is 3.49. The summed E-state index contributed by atoms with van der Waals surface area (Å²) in [5.74, 6) is -0.676. The highest BCUT2D eigenvalue weighted by atomic mass is 35.5. The van der Waals surface area contributed by atoms with Gasteiger partial charge in [-0.3, -0.25) is 19.0 Å². The van der Waals surface area contributed by atoms with Gasteiger partial charge < -0.3 is 10.6 Å². The molecular formula is C18H24ClF3N6O2. The van der Waals surface area contributed by atoms with Crippen LogP contribution in [0.15, 0.2) is 6.20 Å². The number of aromatic nitrogens is 4. The van der Waals surface area contributed by atoms with Crippen molar-refractivity contribution in [2.45, 2.75) is 53.4 Å². The average molecular weight is 449 g/mol. The summed E-state index contributed by atoms with van der Waals surface area (Å²) in [6, 6.07) is 0. The number of rotatable bonds is 8. The van der Waals surface area contributed by atoms with Crippen LogP contribution in [0.2, 0.25) is 5.02 Å². The lowest BCUT2D eigenvalue weighted by Crippen LogP contribution is -2.29. The van der Waals surface area contributed by atoms with E-state index in [-0.39, 0.29) is 36.0 Å². The molecule has 2 aromatic heterocycles. The molecule has 0 aliphatic carbocycles. The minimum atomic E-state index is -4.68. The molecule has 0 aliphatic rings. The largest absolute Gasteiger partial charge is 0.436 e. The molecule has 0 bridgehead atoms. The van der Waals surface area contributed by atoms with E-state index in [4.69, 9.17) is 11.6 Å². The van der Waals surface area contributed by atoms with E-state index in [1.165, 1.54) is 17.8 Å². The van der Waals surface area contributed by atoms with Crippen LogP contribution in [-0.4, -0.2) is 37.9 Å². The van der Waals surface area contributed by atoms with Crippen molar-refractivity contribution in [3.8, 4) is 0 Å². The van der Waals surface area contributed by atoms with Crippen LogP contribution in [0, 0.1) is 12.8 Å². The number of aryl methyl sites for hydroxylation is 2. The van der Waals surface area contributed by atoms with E-state index in [0.717, 1.165) is 4.68 Å². The summed E-state index contributed by atoms with van der Waals surface area (Å²) < 4.78 is 41.3. The number of halogens is 4. The lowest BCUT2D eigenvalue weighted by molar-refractivity contribution is -0.141.